The van der Waals surface area contributed by atoms with Crippen molar-refractivity contribution in [2.24, 2.45) is 5.73 Å². The quantitative estimate of drug-likeness (QED) is 0.814. The molecule has 0 aromatic heterocycles. The van der Waals surface area contributed by atoms with E-state index in [9.17, 15) is 0 Å². The lowest BCUT2D eigenvalue weighted by atomic mass is 9.87. The van der Waals surface area contributed by atoms with Crippen LogP contribution in [0.3, 0.4) is 0 Å². The molecular formula is C14H29N3O. The first kappa shape index (κ1) is 14.3. The fourth-order valence-corrected chi connectivity index (χ4v) is 3.45. The molecule has 0 radical (unpaired) electrons. The maximum Gasteiger partial charge on any atom is 0.0737 e. The first-order valence-electron chi connectivity index (χ1n) is 7.40. The van der Waals surface area contributed by atoms with Gasteiger partial charge in [-0.15, -0.1) is 0 Å². The van der Waals surface area contributed by atoms with E-state index in [0.29, 0.717) is 12.1 Å². The van der Waals surface area contributed by atoms with Crippen molar-refractivity contribution in [1.29, 1.82) is 0 Å². The summed E-state index contributed by atoms with van der Waals surface area (Å²) in [7, 11) is 1.80. The molecule has 18 heavy (non-hydrogen) atoms. The maximum atomic E-state index is 6.38. The van der Waals surface area contributed by atoms with E-state index in [0.717, 1.165) is 19.5 Å². The molecular weight excluding hydrogens is 226 g/mol. The molecule has 4 heteroatoms. The highest BCUT2D eigenvalue weighted by molar-refractivity contribution is 4.93. The molecule has 0 bridgehead atoms. The van der Waals surface area contributed by atoms with Crippen LogP contribution in [0.15, 0.2) is 0 Å². The summed E-state index contributed by atoms with van der Waals surface area (Å²) in [5, 5.41) is 0. The fourth-order valence-electron chi connectivity index (χ4n) is 3.45. The minimum Gasteiger partial charge on any atom is -0.380 e. The van der Waals surface area contributed by atoms with Crippen LogP contribution in [0.25, 0.3) is 0 Å². The van der Waals surface area contributed by atoms with Crippen LogP contribution in [0.5, 0.6) is 0 Å². The Morgan fingerprint density at radius 2 is 1.78 bits per heavy atom. The van der Waals surface area contributed by atoms with Crippen LogP contribution >= 0.6 is 0 Å². The molecule has 106 valence electrons. The smallest absolute Gasteiger partial charge is 0.0737 e. The Morgan fingerprint density at radius 1 is 1.11 bits per heavy atom. The van der Waals surface area contributed by atoms with Crippen LogP contribution in [0.2, 0.25) is 0 Å². The average Bonchev–Trinajstić information content (AvgIpc) is 2.39. The largest absolute Gasteiger partial charge is 0.380 e. The summed E-state index contributed by atoms with van der Waals surface area (Å²) < 4.78 is 5.52. The molecule has 2 rings (SSSR count). The highest BCUT2D eigenvalue weighted by atomic mass is 16.5. The lowest BCUT2D eigenvalue weighted by Crippen LogP contribution is -2.60. The number of rotatable bonds is 3. The van der Waals surface area contributed by atoms with Crippen molar-refractivity contribution in [1.82, 2.24) is 9.80 Å². The summed E-state index contributed by atoms with van der Waals surface area (Å²) in [4.78, 5) is 5.15. The highest BCUT2D eigenvalue weighted by Crippen LogP contribution is 2.25. The molecule has 0 amide bonds. The van der Waals surface area contributed by atoms with Gasteiger partial charge in [0.1, 0.15) is 0 Å². The van der Waals surface area contributed by atoms with Crippen LogP contribution in [-0.4, -0.2) is 67.3 Å². The number of nitrogens with two attached hydrogens (primary N) is 1. The molecule has 1 saturated heterocycles. The molecule has 2 fully saturated rings. The maximum absolute atomic E-state index is 6.38. The van der Waals surface area contributed by atoms with Gasteiger partial charge >= 0.3 is 0 Å². The summed E-state index contributed by atoms with van der Waals surface area (Å²) in [6, 6.07) is 1.38. The van der Waals surface area contributed by atoms with Gasteiger partial charge in [0.2, 0.25) is 0 Å². The molecule has 1 aliphatic heterocycles. The average molecular weight is 255 g/mol. The van der Waals surface area contributed by atoms with Gasteiger partial charge < -0.3 is 10.5 Å². The van der Waals surface area contributed by atoms with Crippen molar-refractivity contribution >= 4 is 0 Å². The van der Waals surface area contributed by atoms with Gasteiger partial charge in [-0.2, -0.15) is 0 Å². The Balaban J connectivity index is 1.88. The first-order valence-corrected chi connectivity index (χ1v) is 7.40. The minimum absolute atomic E-state index is 0.189. The van der Waals surface area contributed by atoms with E-state index in [4.69, 9.17) is 10.5 Å². The number of hydrogen-bond donors (Lipinski definition) is 1. The van der Waals surface area contributed by atoms with Crippen LogP contribution in [0, 0.1) is 0 Å². The van der Waals surface area contributed by atoms with E-state index in [1.807, 2.05) is 0 Å². The Kier molecular flexibility index (Phi) is 5.01. The molecule has 1 aliphatic carbocycles. The lowest BCUT2D eigenvalue weighted by molar-refractivity contribution is -0.00839. The van der Waals surface area contributed by atoms with Crippen LogP contribution in [0.4, 0.5) is 0 Å². The second-order valence-electron chi connectivity index (χ2n) is 6.02. The van der Waals surface area contributed by atoms with E-state index in [1.165, 1.54) is 25.9 Å². The number of piperazine rings is 1. The van der Waals surface area contributed by atoms with E-state index < -0.39 is 0 Å². The van der Waals surface area contributed by atoms with Crippen LogP contribution < -0.4 is 5.73 Å². The van der Waals surface area contributed by atoms with Crippen molar-refractivity contribution < 1.29 is 4.74 Å². The number of ether oxygens (including phenoxy) is 1. The van der Waals surface area contributed by atoms with Gasteiger partial charge in [-0.25, -0.2) is 0 Å². The van der Waals surface area contributed by atoms with E-state index >= 15 is 0 Å². The normalized spacial score (nSPS) is 36.2. The third kappa shape index (κ3) is 3.05. The summed E-state index contributed by atoms with van der Waals surface area (Å²) >= 11 is 0. The van der Waals surface area contributed by atoms with Gasteiger partial charge in [0.25, 0.3) is 0 Å². The number of methoxy groups -OCH3 is 1. The Morgan fingerprint density at radius 3 is 2.33 bits per heavy atom. The number of nitrogens with zero attached hydrogens (tertiary/aromatic N) is 2. The highest BCUT2D eigenvalue weighted by Gasteiger charge is 2.35. The van der Waals surface area contributed by atoms with E-state index in [2.05, 4.69) is 23.6 Å². The molecule has 1 heterocycles. The van der Waals surface area contributed by atoms with Gasteiger partial charge in [0.05, 0.1) is 6.10 Å². The molecule has 3 atom stereocenters. The topological polar surface area (TPSA) is 41.7 Å². The lowest BCUT2D eigenvalue weighted by Gasteiger charge is -2.46. The zero-order valence-electron chi connectivity index (χ0n) is 12.1. The minimum atomic E-state index is 0.189. The van der Waals surface area contributed by atoms with E-state index in [1.54, 1.807) is 7.11 Å². The molecule has 0 aromatic carbocycles. The second kappa shape index (κ2) is 6.33. The van der Waals surface area contributed by atoms with Crippen molar-refractivity contribution in [3.63, 3.8) is 0 Å². The van der Waals surface area contributed by atoms with Crippen molar-refractivity contribution in [2.45, 2.75) is 57.3 Å². The van der Waals surface area contributed by atoms with Crippen molar-refractivity contribution in [2.75, 3.05) is 33.3 Å². The Bertz CT molecular complexity index is 251. The van der Waals surface area contributed by atoms with Gasteiger partial charge in [-0.05, 0) is 33.1 Å². The van der Waals surface area contributed by atoms with Gasteiger partial charge in [-0.1, -0.05) is 0 Å². The first-order chi connectivity index (χ1) is 8.63. The van der Waals surface area contributed by atoms with E-state index in [-0.39, 0.29) is 12.1 Å². The van der Waals surface area contributed by atoms with Crippen molar-refractivity contribution in [3.05, 3.63) is 0 Å². The zero-order valence-corrected chi connectivity index (χ0v) is 12.1. The van der Waals surface area contributed by atoms with Crippen LogP contribution in [0.1, 0.15) is 33.1 Å². The van der Waals surface area contributed by atoms with Crippen LogP contribution in [-0.2, 0) is 4.74 Å². The molecule has 0 aromatic rings. The third-order valence-electron chi connectivity index (χ3n) is 4.71. The fraction of sp³-hybridized carbons (Fsp3) is 1.00. The standard InChI is InChI=1S/C14H29N3O/c1-11(2)16-7-9-17(10-8-16)12-5-4-6-13(18-3)14(12)15/h11-14H,4-10,15H2,1-3H3. The van der Waals surface area contributed by atoms with Crippen molar-refractivity contribution in [3.8, 4) is 0 Å². The third-order valence-corrected chi connectivity index (χ3v) is 4.71. The monoisotopic (exact) mass is 255 g/mol. The number of hydrogen-bond acceptors (Lipinski definition) is 4. The van der Waals surface area contributed by atoms with Gasteiger partial charge in [0.15, 0.2) is 0 Å². The zero-order chi connectivity index (χ0) is 13.1. The molecule has 0 spiro atoms. The summed E-state index contributed by atoms with van der Waals surface area (Å²) in [6.45, 7) is 9.24. The molecule has 2 N–H and O–H groups in total. The predicted molar refractivity (Wildman–Crippen MR) is 74.7 cm³/mol. The molecule has 1 saturated carbocycles. The molecule has 4 nitrogen and oxygen atoms in total. The van der Waals surface area contributed by atoms with Gasteiger partial charge in [-0.3, -0.25) is 9.80 Å². The van der Waals surface area contributed by atoms with Gasteiger partial charge in [0, 0.05) is 51.4 Å². The Hall–Kier alpha value is -0.160. The SMILES string of the molecule is COC1CCCC(N2CCN(C(C)C)CC2)C1N. The summed E-state index contributed by atoms with van der Waals surface area (Å²) in [5.74, 6) is 0. The molecule has 2 aliphatic rings. The summed E-state index contributed by atoms with van der Waals surface area (Å²) in [6.07, 6.45) is 3.87. The predicted octanol–water partition coefficient (Wildman–Crippen LogP) is 0.907. The Labute approximate surface area is 111 Å². The summed E-state index contributed by atoms with van der Waals surface area (Å²) in [5.41, 5.74) is 6.38. The second-order valence-corrected chi connectivity index (χ2v) is 6.02. The molecule has 3 unspecified atom stereocenters.